The second-order valence-corrected chi connectivity index (χ2v) is 9.16. The van der Waals surface area contributed by atoms with Gasteiger partial charge in [0.15, 0.2) is 0 Å². The first kappa shape index (κ1) is 24.9. The highest BCUT2D eigenvalue weighted by atomic mass is 16.6. The van der Waals surface area contributed by atoms with Gasteiger partial charge < -0.3 is 10.1 Å². The second kappa shape index (κ2) is 11.4. The van der Waals surface area contributed by atoms with Crippen LogP contribution in [0.5, 0.6) is 0 Å². The third-order valence-electron chi connectivity index (χ3n) is 5.12. The Morgan fingerprint density at radius 3 is 1.76 bits per heavy atom. The van der Waals surface area contributed by atoms with Crippen LogP contribution in [-0.4, -0.2) is 29.2 Å². The van der Waals surface area contributed by atoms with Crippen LogP contribution in [0, 0.1) is 0 Å². The maximum atomic E-state index is 13.4. The zero-order valence-corrected chi connectivity index (χ0v) is 20.2. The first-order valence-corrected chi connectivity index (χ1v) is 11.5. The predicted octanol–water partition coefficient (Wildman–Crippen LogP) is 5.50. The molecule has 0 fully saturated rings. The number of benzene rings is 3. The van der Waals surface area contributed by atoms with Gasteiger partial charge in [0.1, 0.15) is 11.6 Å². The van der Waals surface area contributed by atoms with E-state index in [1.54, 1.807) is 20.8 Å². The lowest BCUT2D eigenvalue weighted by Crippen LogP contribution is -2.38. The SMILES string of the molecule is C[C@H](NC(=O)[C@H](CC(=O)OC(C)(C)C)N=C(c1ccccc1)c1ccccc1)c1ccccc1. The van der Waals surface area contributed by atoms with Crippen LogP contribution < -0.4 is 5.32 Å². The zero-order valence-electron chi connectivity index (χ0n) is 20.2. The summed E-state index contributed by atoms with van der Waals surface area (Å²) in [6.45, 7) is 7.33. The quantitative estimate of drug-likeness (QED) is 0.359. The van der Waals surface area contributed by atoms with Crippen molar-refractivity contribution < 1.29 is 14.3 Å². The number of rotatable bonds is 8. The van der Waals surface area contributed by atoms with Gasteiger partial charge in [-0.05, 0) is 33.3 Å². The monoisotopic (exact) mass is 456 g/mol. The molecule has 5 heteroatoms. The Balaban J connectivity index is 1.97. The van der Waals surface area contributed by atoms with E-state index in [0.29, 0.717) is 5.71 Å². The molecule has 1 N–H and O–H groups in total. The number of hydrogen-bond donors (Lipinski definition) is 1. The van der Waals surface area contributed by atoms with Crippen LogP contribution in [-0.2, 0) is 14.3 Å². The number of carbonyl (C=O) groups excluding carboxylic acids is 2. The lowest BCUT2D eigenvalue weighted by molar-refractivity contribution is -0.156. The Morgan fingerprint density at radius 1 is 0.824 bits per heavy atom. The average Bonchev–Trinajstić information content (AvgIpc) is 2.82. The van der Waals surface area contributed by atoms with E-state index in [1.165, 1.54) is 0 Å². The molecule has 5 nitrogen and oxygen atoms in total. The van der Waals surface area contributed by atoms with Gasteiger partial charge in [0.25, 0.3) is 0 Å². The Hall–Kier alpha value is -3.73. The third-order valence-corrected chi connectivity index (χ3v) is 5.12. The van der Waals surface area contributed by atoms with Gasteiger partial charge in [0.2, 0.25) is 5.91 Å². The highest BCUT2D eigenvalue weighted by molar-refractivity contribution is 6.13. The molecular weight excluding hydrogens is 424 g/mol. The molecule has 0 saturated heterocycles. The van der Waals surface area contributed by atoms with Crippen LogP contribution in [0.25, 0.3) is 0 Å². The fourth-order valence-corrected chi connectivity index (χ4v) is 3.54. The van der Waals surface area contributed by atoms with Gasteiger partial charge in [-0.3, -0.25) is 14.6 Å². The maximum Gasteiger partial charge on any atom is 0.309 e. The minimum absolute atomic E-state index is 0.159. The van der Waals surface area contributed by atoms with Crippen molar-refractivity contribution in [2.45, 2.75) is 51.8 Å². The molecule has 0 aliphatic rings. The molecule has 3 aromatic carbocycles. The van der Waals surface area contributed by atoms with Crippen molar-refractivity contribution in [3.63, 3.8) is 0 Å². The van der Waals surface area contributed by atoms with Crippen LogP contribution >= 0.6 is 0 Å². The van der Waals surface area contributed by atoms with Crippen molar-refractivity contribution in [2.75, 3.05) is 0 Å². The van der Waals surface area contributed by atoms with E-state index in [9.17, 15) is 9.59 Å². The van der Waals surface area contributed by atoms with Gasteiger partial charge in [-0.15, -0.1) is 0 Å². The lowest BCUT2D eigenvalue weighted by atomic mass is 10.0. The van der Waals surface area contributed by atoms with E-state index in [-0.39, 0.29) is 18.4 Å². The van der Waals surface area contributed by atoms with Crippen LogP contribution in [0.3, 0.4) is 0 Å². The van der Waals surface area contributed by atoms with Gasteiger partial charge in [-0.2, -0.15) is 0 Å². The largest absolute Gasteiger partial charge is 0.460 e. The number of esters is 1. The standard InChI is InChI=1S/C29H32N2O3/c1-21(22-14-8-5-9-15-22)30-28(33)25(20-26(32)34-29(2,3)4)31-27(23-16-10-6-11-17-23)24-18-12-7-13-19-24/h5-19,21,25H,20H2,1-4H3,(H,30,33)/t21-,25-/m0/s1. The summed E-state index contributed by atoms with van der Waals surface area (Å²) in [6.07, 6.45) is -0.159. The summed E-state index contributed by atoms with van der Waals surface area (Å²) in [6, 6.07) is 27.9. The summed E-state index contributed by atoms with van der Waals surface area (Å²) in [5, 5.41) is 3.02. The Morgan fingerprint density at radius 2 is 1.29 bits per heavy atom. The minimum Gasteiger partial charge on any atom is -0.460 e. The molecule has 2 atom stereocenters. The molecule has 0 aliphatic carbocycles. The van der Waals surface area contributed by atoms with Crippen molar-refractivity contribution in [1.82, 2.24) is 5.32 Å². The van der Waals surface area contributed by atoms with E-state index in [4.69, 9.17) is 9.73 Å². The zero-order chi connectivity index (χ0) is 24.6. The highest BCUT2D eigenvalue weighted by Crippen LogP contribution is 2.18. The molecule has 0 unspecified atom stereocenters. The van der Waals surface area contributed by atoms with Crippen molar-refractivity contribution >= 4 is 17.6 Å². The first-order chi connectivity index (χ1) is 16.2. The van der Waals surface area contributed by atoms with Crippen molar-refractivity contribution in [2.24, 2.45) is 4.99 Å². The first-order valence-electron chi connectivity index (χ1n) is 11.5. The van der Waals surface area contributed by atoms with Crippen LogP contribution in [0.1, 0.15) is 56.8 Å². The Kier molecular flexibility index (Phi) is 8.36. The number of hydrogen-bond acceptors (Lipinski definition) is 4. The molecule has 0 radical (unpaired) electrons. The van der Waals surface area contributed by atoms with Crippen LogP contribution in [0.4, 0.5) is 0 Å². The number of ether oxygens (including phenoxy) is 1. The molecule has 0 aliphatic heterocycles. The number of nitrogens with one attached hydrogen (secondary N) is 1. The average molecular weight is 457 g/mol. The maximum absolute atomic E-state index is 13.4. The smallest absolute Gasteiger partial charge is 0.309 e. The summed E-state index contributed by atoms with van der Waals surface area (Å²) in [5.41, 5.74) is 2.71. The predicted molar refractivity (Wildman–Crippen MR) is 136 cm³/mol. The fraction of sp³-hybridized carbons (Fsp3) is 0.276. The summed E-state index contributed by atoms with van der Waals surface area (Å²) >= 11 is 0. The lowest BCUT2D eigenvalue weighted by Gasteiger charge is -2.22. The van der Waals surface area contributed by atoms with E-state index < -0.39 is 17.6 Å². The number of amides is 1. The number of nitrogens with zero attached hydrogens (tertiary/aromatic N) is 1. The molecule has 3 rings (SSSR count). The molecule has 34 heavy (non-hydrogen) atoms. The third kappa shape index (κ3) is 7.41. The fourth-order valence-electron chi connectivity index (χ4n) is 3.54. The number of carbonyl (C=O) groups is 2. The molecular formula is C29H32N2O3. The van der Waals surface area contributed by atoms with E-state index in [0.717, 1.165) is 16.7 Å². The van der Waals surface area contributed by atoms with E-state index in [1.807, 2.05) is 97.9 Å². The molecule has 0 heterocycles. The Labute approximate surface area is 201 Å². The van der Waals surface area contributed by atoms with Crippen molar-refractivity contribution in [3.8, 4) is 0 Å². The van der Waals surface area contributed by atoms with Crippen molar-refractivity contribution in [1.29, 1.82) is 0 Å². The van der Waals surface area contributed by atoms with Gasteiger partial charge in [-0.25, -0.2) is 0 Å². The van der Waals surface area contributed by atoms with Gasteiger partial charge in [0.05, 0.1) is 18.2 Å². The minimum atomic E-state index is -0.948. The van der Waals surface area contributed by atoms with Gasteiger partial charge in [0, 0.05) is 11.1 Å². The topological polar surface area (TPSA) is 67.8 Å². The Bertz CT molecular complexity index is 1060. The van der Waals surface area contributed by atoms with Crippen molar-refractivity contribution in [3.05, 3.63) is 108 Å². The normalized spacial score (nSPS) is 12.8. The molecule has 176 valence electrons. The molecule has 0 aromatic heterocycles. The molecule has 0 bridgehead atoms. The second-order valence-electron chi connectivity index (χ2n) is 9.16. The summed E-state index contributed by atoms with van der Waals surface area (Å²) in [7, 11) is 0. The highest BCUT2D eigenvalue weighted by Gasteiger charge is 2.27. The molecule has 3 aromatic rings. The van der Waals surface area contributed by atoms with Crippen LogP contribution in [0.15, 0.2) is 96.0 Å². The van der Waals surface area contributed by atoms with Gasteiger partial charge in [-0.1, -0.05) is 91.0 Å². The summed E-state index contributed by atoms with van der Waals surface area (Å²) in [5.74, 6) is -0.796. The number of aliphatic imine (C=N–C) groups is 1. The van der Waals surface area contributed by atoms with E-state index in [2.05, 4.69) is 5.32 Å². The molecule has 1 amide bonds. The molecule has 0 saturated carbocycles. The summed E-state index contributed by atoms with van der Waals surface area (Å²) < 4.78 is 5.51. The molecule has 0 spiro atoms. The van der Waals surface area contributed by atoms with Crippen LogP contribution in [0.2, 0.25) is 0 Å². The van der Waals surface area contributed by atoms with Gasteiger partial charge >= 0.3 is 5.97 Å². The van der Waals surface area contributed by atoms with E-state index >= 15 is 0 Å². The summed E-state index contributed by atoms with van der Waals surface area (Å²) in [4.78, 5) is 30.9.